The van der Waals surface area contributed by atoms with Gasteiger partial charge in [0.15, 0.2) is 0 Å². The molecule has 0 atom stereocenters. The average molecular weight is 160 g/mol. The minimum absolute atomic E-state index is 0.169. The highest BCUT2D eigenvalue weighted by molar-refractivity contribution is 6.02. The number of hydrogen-bond acceptors (Lipinski definition) is 1. The van der Waals surface area contributed by atoms with Crippen molar-refractivity contribution in [1.82, 2.24) is 0 Å². The predicted molar refractivity (Wildman–Crippen MR) is 48.7 cm³/mol. The number of carbonyl (C=O) groups is 1. The van der Waals surface area contributed by atoms with Crippen LogP contribution in [0.25, 0.3) is 0 Å². The Morgan fingerprint density at radius 2 is 2.33 bits per heavy atom. The van der Waals surface area contributed by atoms with Crippen molar-refractivity contribution in [2.24, 2.45) is 0 Å². The summed E-state index contributed by atoms with van der Waals surface area (Å²) in [7, 11) is 0. The molecular weight excluding hydrogens is 150 g/mol. The molecule has 0 aromatic heterocycles. The number of nitrogens with one attached hydrogen (secondary N) is 1. The van der Waals surface area contributed by atoms with Crippen molar-refractivity contribution in [2.45, 2.75) is 6.92 Å². The highest BCUT2D eigenvalue weighted by atomic mass is 16.1. The van der Waals surface area contributed by atoms with E-state index in [0.29, 0.717) is 11.3 Å². The summed E-state index contributed by atoms with van der Waals surface area (Å²) in [6, 6.07) is 10.1. The van der Waals surface area contributed by atoms with E-state index in [9.17, 15) is 4.79 Å². The molecule has 0 saturated carbocycles. The van der Waals surface area contributed by atoms with Gasteiger partial charge in [0.05, 0.1) is 0 Å². The van der Waals surface area contributed by atoms with Crippen LogP contribution in [0.15, 0.2) is 36.4 Å². The smallest absolute Gasteiger partial charge is 0.250 e. The lowest BCUT2D eigenvalue weighted by molar-refractivity contribution is -0.112. The summed E-state index contributed by atoms with van der Waals surface area (Å²) in [4.78, 5) is 11.1. The molecule has 1 rings (SSSR count). The van der Waals surface area contributed by atoms with Gasteiger partial charge in [0.1, 0.15) is 0 Å². The van der Waals surface area contributed by atoms with Crippen LogP contribution in [-0.2, 0) is 4.79 Å². The highest BCUT2D eigenvalue weighted by Crippen LogP contribution is 2.04. The molecule has 0 heterocycles. The average Bonchev–Trinajstić information content (AvgIpc) is 2.06. The van der Waals surface area contributed by atoms with Crippen LogP contribution in [-0.4, -0.2) is 5.91 Å². The molecule has 0 saturated heterocycles. The van der Waals surface area contributed by atoms with Crippen molar-refractivity contribution in [3.63, 3.8) is 0 Å². The fourth-order valence-electron chi connectivity index (χ4n) is 0.700. The maximum atomic E-state index is 11.1. The van der Waals surface area contributed by atoms with Crippen LogP contribution in [0.2, 0.25) is 0 Å². The lowest BCUT2D eigenvalue weighted by atomic mass is 10.3. The van der Waals surface area contributed by atoms with Crippen LogP contribution in [0.4, 0.5) is 5.69 Å². The first kappa shape index (κ1) is 8.53. The Morgan fingerprint density at radius 1 is 1.58 bits per heavy atom. The van der Waals surface area contributed by atoms with E-state index < -0.39 is 0 Å². The second kappa shape index (κ2) is 3.72. The van der Waals surface area contributed by atoms with Gasteiger partial charge in [0.2, 0.25) is 0 Å². The molecule has 61 valence electrons. The van der Waals surface area contributed by atoms with E-state index in [1.54, 1.807) is 19.1 Å². The first-order valence-corrected chi connectivity index (χ1v) is 3.64. The lowest BCUT2D eigenvalue weighted by Gasteiger charge is -2.02. The number of rotatable bonds is 2. The van der Waals surface area contributed by atoms with Crippen molar-refractivity contribution < 1.29 is 4.79 Å². The van der Waals surface area contributed by atoms with Crippen LogP contribution < -0.4 is 5.32 Å². The molecule has 12 heavy (non-hydrogen) atoms. The number of hydrogen-bond donors (Lipinski definition) is 1. The summed E-state index contributed by atoms with van der Waals surface area (Å²) in [6.45, 7) is 5.19. The molecule has 0 spiro atoms. The summed E-state index contributed by atoms with van der Waals surface area (Å²) >= 11 is 0. The van der Waals surface area contributed by atoms with Gasteiger partial charge in [0.25, 0.3) is 5.91 Å². The summed E-state index contributed by atoms with van der Waals surface area (Å²) in [5, 5.41) is 2.65. The molecule has 2 heteroatoms. The van der Waals surface area contributed by atoms with Gasteiger partial charge in [-0.2, -0.15) is 0 Å². The molecule has 1 aromatic carbocycles. The molecule has 0 unspecified atom stereocenters. The lowest BCUT2D eigenvalue weighted by Crippen LogP contribution is -2.11. The van der Waals surface area contributed by atoms with Gasteiger partial charge in [-0.05, 0) is 13.0 Å². The standard InChI is InChI=1S/C10H10NO/c1-8(2)10(12)11-9-6-4-3-5-7-9/h3-6H,1H2,2H3,(H,11,12). The zero-order valence-electron chi connectivity index (χ0n) is 6.92. The molecule has 1 aromatic rings. The Morgan fingerprint density at radius 3 is 2.83 bits per heavy atom. The van der Waals surface area contributed by atoms with E-state index in [1.165, 1.54) is 0 Å². The van der Waals surface area contributed by atoms with Crippen LogP contribution in [0.1, 0.15) is 6.92 Å². The van der Waals surface area contributed by atoms with Crippen LogP contribution in [0, 0.1) is 6.07 Å². The summed E-state index contributed by atoms with van der Waals surface area (Å²) in [5.41, 5.74) is 1.16. The molecule has 1 N–H and O–H groups in total. The third-order valence-electron chi connectivity index (χ3n) is 1.34. The van der Waals surface area contributed by atoms with E-state index in [4.69, 9.17) is 0 Å². The molecule has 0 aliphatic carbocycles. The third-order valence-corrected chi connectivity index (χ3v) is 1.34. The fourth-order valence-corrected chi connectivity index (χ4v) is 0.700. The zero-order chi connectivity index (χ0) is 8.97. The molecule has 0 bridgehead atoms. The number of para-hydroxylation sites is 1. The Labute approximate surface area is 71.9 Å². The van der Waals surface area contributed by atoms with Gasteiger partial charge >= 0.3 is 0 Å². The van der Waals surface area contributed by atoms with E-state index in [-0.39, 0.29) is 5.91 Å². The normalized spacial score (nSPS) is 9.08. The second-order valence-electron chi connectivity index (χ2n) is 2.51. The predicted octanol–water partition coefficient (Wildman–Crippen LogP) is 2.00. The fraction of sp³-hybridized carbons (Fsp3) is 0.100. The molecule has 1 radical (unpaired) electrons. The second-order valence-corrected chi connectivity index (χ2v) is 2.51. The molecule has 0 aliphatic rings. The van der Waals surface area contributed by atoms with Gasteiger partial charge in [0, 0.05) is 17.3 Å². The van der Waals surface area contributed by atoms with Crippen LogP contribution >= 0.6 is 0 Å². The monoisotopic (exact) mass is 160 g/mol. The van der Waals surface area contributed by atoms with Gasteiger partial charge < -0.3 is 5.32 Å². The number of carbonyl (C=O) groups excluding carboxylic acids is 1. The Balaban J connectivity index is 2.65. The number of benzene rings is 1. The minimum Gasteiger partial charge on any atom is -0.322 e. The summed E-state index contributed by atoms with van der Waals surface area (Å²) < 4.78 is 0. The third kappa shape index (κ3) is 2.23. The molecule has 0 aliphatic heterocycles. The maximum Gasteiger partial charge on any atom is 0.250 e. The maximum absolute atomic E-state index is 11.1. The van der Waals surface area contributed by atoms with Crippen LogP contribution in [0.3, 0.4) is 0 Å². The van der Waals surface area contributed by atoms with Crippen molar-refractivity contribution in [3.8, 4) is 0 Å². The van der Waals surface area contributed by atoms with E-state index >= 15 is 0 Å². The van der Waals surface area contributed by atoms with Crippen LogP contribution in [0.5, 0.6) is 0 Å². The van der Waals surface area contributed by atoms with Crippen molar-refractivity contribution >= 4 is 11.6 Å². The SMILES string of the molecule is C=C(C)C(=O)Nc1[c]cccc1. The van der Waals surface area contributed by atoms with E-state index in [1.807, 2.05) is 12.1 Å². The van der Waals surface area contributed by atoms with Crippen molar-refractivity contribution in [3.05, 3.63) is 42.5 Å². The first-order valence-electron chi connectivity index (χ1n) is 3.64. The molecule has 0 fully saturated rings. The topological polar surface area (TPSA) is 29.1 Å². The summed E-state index contributed by atoms with van der Waals surface area (Å²) in [6.07, 6.45) is 0. The molecular formula is C10H10NO. The van der Waals surface area contributed by atoms with Gasteiger partial charge in [-0.15, -0.1) is 0 Å². The van der Waals surface area contributed by atoms with Crippen molar-refractivity contribution in [1.29, 1.82) is 0 Å². The number of anilines is 1. The molecule has 2 nitrogen and oxygen atoms in total. The van der Waals surface area contributed by atoms with Gasteiger partial charge in [-0.25, -0.2) is 0 Å². The summed E-state index contributed by atoms with van der Waals surface area (Å²) in [5.74, 6) is -0.169. The van der Waals surface area contributed by atoms with E-state index in [0.717, 1.165) is 0 Å². The Kier molecular flexibility index (Phi) is 2.64. The Hall–Kier alpha value is -1.57. The first-order chi connectivity index (χ1) is 5.70. The highest BCUT2D eigenvalue weighted by Gasteiger charge is 2.00. The Bertz CT molecular complexity index is 290. The zero-order valence-corrected chi connectivity index (χ0v) is 6.92. The largest absolute Gasteiger partial charge is 0.322 e. The van der Waals surface area contributed by atoms with Gasteiger partial charge in [-0.1, -0.05) is 24.8 Å². The van der Waals surface area contributed by atoms with Gasteiger partial charge in [-0.3, -0.25) is 4.79 Å². The quantitative estimate of drug-likeness (QED) is 0.659. The number of amides is 1. The minimum atomic E-state index is -0.169. The van der Waals surface area contributed by atoms with E-state index in [2.05, 4.69) is 18.0 Å². The van der Waals surface area contributed by atoms with Crippen molar-refractivity contribution in [2.75, 3.05) is 5.32 Å². The molecule has 1 amide bonds.